The summed E-state index contributed by atoms with van der Waals surface area (Å²) < 4.78 is 11.5. The summed E-state index contributed by atoms with van der Waals surface area (Å²) in [7, 11) is 0. The largest absolute Gasteiger partial charge is 0.388 e. The molecule has 2 fully saturated rings. The fraction of sp³-hybridized carbons (Fsp3) is 0.462. The minimum atomic E-state index is -0.727. The van der Waals surface area contributed by atoms with Gasteiger partial charge in [-0.25, -0.2) is 0 Å². The number of nitrogens with one attached hydrogen (secondary N) is 1. The Hall–Kier alpha value is -1.43. The number of aliphatic hydroxyl groups is 1. The molecule has 0 bridgehead atoms. The van der Waals surface area contributed by atoms with Gasteiger partial charge in [0.25, 0.3) is 0 Å². The second-order valence-electron chi connectivity index (χ2n) is 4.59. The molecule has 96 valence electrons. The van der Waals surface area contributed by atoms with Gasteiger partial charge in [0.15, 0.2) is 6.29 Å². The predicted molar refractivity (Wildman–Crippen MR) is 62.6 cm³/mol. The number of ether oxygens (including phenoxy) is 2. The number of hydrogen-bond donors (Lipinski definition) is 2. The van der Waals surface area contributed by atoms with Gasteiger partial charge in [-0.15, -0.1) is 0 Å². The lowest BCUT2D eigenvalue weighted by molar-refractivity contribution is -0.125. The maximum Gasteiger partial charge on any atom is 0.222 e. The van der Waals surface area contributed by atoms with Crippen molar-refractivity contribution < 1.29 is 19.4 Å². The number of hydrogen-bond acceptors (Lipinski definition) is 4. The van der Waals surface area contributed by atoms with Gasteiger partial charge in [0, 0.05) is 12.1 Å². The van der Waals surface area contributed by atoms with E-state index < -0.39 is 18.5 Å². The third-order valence-electron chi connectivity index (χ3n) is 3.29. The van der Waals surface area contributed by atoms with Crippen LogP contribution in [0.1, 0.15) is 18.3 Å². The summed E-state index contributed by atoms with van der Waals surface area (Å²) in [5, 5.41) is 12.6. The molecule has 0 unspecified atom stereocenters. The second-order valence-corrected chi connectivity index (χ2v) is 4.59. The summed E-state index contributed by atoms with van der Waals surface area (Å²) in [6.07, 6.45) is -1.83. The van der Waals surface area contributed by atoms with Gasteiger partial charge in [0.05, 0.1) is 12.5 Å². The SMILES string of the molecule is O=C1C[C@H]2O[C@H](c3ccccc3)O[C@H]2[C@H](O)CN1. The maximum absolute atomic E-state index is 11.5. The molecule has 1 aromatic carbocycles. The highest BCUT2D eigenvalue weighted by molar-refractivity contribution is 5.77. The lowest BCUT2D eigenvalue weighted by Crippen LogP contribution is -2.37. The number of β-amino-alcohol motifs (C(OH)–C–C–N with tert-alkyl or cyclic N) is 1. The monoisotopic (exact) mass is 249 g/mol. The quantitative estimate of drug-likeness (QED) is 0.753. The first-order chi connectivity index (χ1) is 8.74. The summed E-state index contributed by atoms with van der Waals surface area (Å²) in [4.78, 5) is 11.5. The van der Waals surface area contributed by atoms with Crippen LogP contribution in [0.2, 0.25) is 0 Å². The third kappa shape index (κ3) is 2.12. The van der Waals surface area contributed by atoms with E-state index in [1.165, 1.54) is 0 Å². The molecule has 5 nitrogen and oxygen atoms in total. The number of rotatable bonds is 1. The summed E-state index contributed by atoms with van der Waals surface area (Å²) in [5.41, 5.74) is 0.901. The molecule has 0 aliphatic carbocycles. The lowest BCUT2D eigenvalue weighted by Gasteiger charge is -2.17. The average Bonchev–Trinajstić information content (AvgIpc) is 2.76. The first-order valence-electron chi connectivity index (χ1n) is 6.04. The number of fused-ring (bicyclic) bond motifs is 1. The van der Waals surface area contributed by atoms with Crippen LogP contribution in [0.4, 0.5) is 0 Å². The second kappa shape index (κ2) is 4.68. The van der Waals surface area contributed by atoms with Crippen LogP contribution in [-0.4, -0.2) is 35.9 Å². The minimum Gasteiger partial charge on any atom is -0.388 e. The van der Waals surface area contributed by atoms with Crippen LogP contribution < -0.4 is 5.32 Å². The fourth-order valence-electron chi connectivity index (χ4n) is 2.36. The Morgan fingerprint density at radius 1 is 1.22 bits per heavy atom. The van der Waals surface area contributed by atoms with Crippen molar-refractivity contribution >= 4 is 5.91 Å². The number of aliphatic hydroxyl groups excluding tert-OH is 1. The summed E-state index contributed by atoms with van der Waals surface area (Å²) >= 11 is 0. The molecule has 2 aliphatic rings. The van der Waals surface area contributed by atoms with Crippen LogP contribution in [0.3, 0.4) is 0 Å². The lowest BCUT2D eigenvalue weighted by atomic mass is 10.1. The van der Waals surface area contributed by atoms with E-state index in [9.17, 15) is 9.90 Å². The minimum absolute atomic E-state index is 0.112. The van der Waals surface area contributed by atoms with Crippen molar-refractivity contribution in [3.8, 4) is 0 Å². The molecule has 3 rings (SSSR count). The molecule has 1 aromatic rings. The van der Waals surface area contributed by atoms with Gasteiger partial charge in [-0.2, -0.15) is 0 Å². The molecule has 0 spiro atoms. The average molecular weight is 249 g/mol. The fourth-order valence-corrected chi connectivity index (χ4v) is 2.36. The van der Waals surface area contributed by atoms with E-state index in [-0.39, 0.29) is 25.0 Å². The van der Waals surface area contributed by atoms with Crippen molar-refractivity contribution in [3.63, 3.8) is 0 Å². The van der Waals surface area contributed by atoms with Gasteiger partial charge in [-0.1, -0.05) is 30.3 Å². The molecular weight excluding hydrogens is 234 g/mol. The highest BCUT2D eigenvalue weighted by Gasteiger charge is 2.43. The van der Waals surface area contributed by atoms with Crippen LogP contribution in [0.5, 0.6) is 0 Å². The molecule has 0 aromatic heterocycles. The Labute approximate surface area is 105 Å². The van der Waals surface area contributed by atoms with E-state index in [2.05, 4.69) is 5.32 Å². The van der Waals surface area contributed by atoms with Crippen molar-refractivity contribution in [2.75, 3.05) is 6.54 Å². The Morgan fingerprint density at radius 3 is 2.78 bits per heavy atom. The number of carbonyl (C=O) groups is 1. The standard InChI is InChI=1S/C13H15NO4/c15-9-7-14-11(16)6-10-12(9)18-13(17-10)8-4-2-1-3-5-8/h1-5,9-10,12-13,15H,6-7H2,(H,14,16)/t9-,10-,12+,13+/m1/s1. The van der Waals surface area contributed by atoms with Gasteiger partial charge < -0.3 is 19.9 Å². The van der Waals surface area contributed by atoms with Crippen molar-refractivity contribution in [1.82, 2.24) is 5.32 Å². The highest BCUT2D eigenvalue weighted by Crippen LogP contribution is 2.34. The molecule has 1 amide bonds. The van der Waals surface area contributed by atoms with Gasteiger partial charge in [-0.3, -0.25) is 4.79 Å². The summed E-state index contributed by atoms with van der Waals surface area (Å²) in [6.45, 7) is 0.213. The Morgan fingerprint density at radius 2 is 2.00 bits per heavy atom. The summed E-state index contributed by atoms with van der Waals surface area (Å²) in [6, 6.07) is 9.53. The molecule has 4 atom stereocenters. The van der Waals surface area contributed by atoms with Crippen molar-refractivity contribution in [1.29, 1.82) is 0 Å². The molecule has 2 heterocycles. The Balaban J connectivity index is 1.79. The zero-order valence-electron chi connectivity index (χ0n) is 9.78. The van der Waals surface area contributed by atoms with Crippen molar-refractivity contribution in [2.45, 2.75) is 31.0 Å². The van der Waals surface area contributed by atoms with E-state index in [4.69, 9.17) is 9.47 Å². The number of benzene rings is 1. The van der Waals surface area contributed by atoms with Gasteiger partial charge in [-0.05, 0) is 0 Å². The van der Waals surface area contributed by atoms with Crippen molar-refractivity contribution in [3.05, 3.63) is 35.9 Å². The zero-order valence-corrected chi connectivity index (χ0v) is 9.78. The van der Waals surface area contributed by atoms with Gasteiger partial charge in [0.1, 0.15) is 12.2 Å². The summed E-state index contributed by atoms with van der Waals surface area (Å²) in [5.74, 6) is -0.112. The van der Waals surface area contributed by atoms with E-state index >= 15 is 0 Å². The molecular formula is C13H15NO4. The van der Waals surface area contributed by atoms with Gasteiger partial charge in [0.2, 0.25) is 5.91 Å². The van der Waals surface area contributed by atoms with Crippen LogP contribution in [0.25, 0.3) is 0 Å². The van der Waals surface area contributed by atoms with Crippen molar-refractivity contribution in [2.24, 2.45) is 0 Å². The predicted octanol–water partition coefficient (Wildman–Crippen LogP) is 0.350. The molecule has 5 heteroatoms. The van der Waals surface area contributed by atoms with E-state index in [0.29, 0.717) is 0 Å². The smallest absolute Gasteiger partial charge is 0.222 e. The van der Waals surface area contributed by atoms with Gasteiger partial charge >= 0.3 is 0 Å². The Bertz CT molecular complexity index is 436. The molecule has 2 N–H and O–H groups in total. The molecule has 0 saturated carbocycles. The van der Waals surface area contributed by atoms with E-state index in [1.807, 2.05) is 30.3 Å². The normalized spacial score (nSPS) is 35.7. The highest BCUT2D eigenvalue weighted by atomic mass is 16.7. The Kier molecular flexibility index (Phi) is 3.03. The van der Waals surface area contributed by atoms with E-state index in [1.54, 1.807) is 0 Å². The van der Waals surface area contributed by atoms with Crippen LogP contribution in [0.15, 0.2) is 30.3 Å². The molecule has 2 aliphatic heterocycles. The molecule has 18 heavy (non-hydrogen) atoms. The topological polar surface area (TPSA) is 67.8 Å². The van der Waals surface area contributed by atoms with E-state index in [0.717, 1.165) is 5.56 Å². The first-order valence-corrected chi connectivity index (χ1v) is 6.04. The first kappa shape index (κ1) is 11.6. The van der Waals surface area contributed by atoms with Crippen LogP contribution in [0, 0.1) is 0 Å². The molecule has 2 saturated heterocycles. The third-order valence-corrected chi connectivity index (χ3v) is 3.29. The van der Waals surface area contributed by atoms with Crippen LogP contribution in [-0.2, 0) is 14.3 Å². The van der Waals surface area contributed by atoms with Crippen LogP contribution >= 0.6 is 0 Å². The molecule has 0 radical (unpaired) electrons. The number of carbonyl (C=O) groups excluding carboxylic acids is 1. The number of amides is 1. The maximum atomic E-state index is 11.5. The zero-order chi connectivity index (χ0) is 12.5.